The molecule has 0 radical (unpaired) electrons. The lowest BCUT2D eigenvalue weighted by Gasteiger charge is -2.58. The number of aromatic nitrogens is 2. The molecule has 1 spiro atoms. The number of imidazole rings is 1. The van der Waals surface area contributed by atoms with E-state index in [4.69, 9.17) is 43.9 Å². The van der Waals surface area contributed by atoms with Crippen molar-refractivity contribution in [2.75, 3.05) is 59.0 Å². The second-order valence-corrected chi connectivity index (χ2v) is 22.6. The average Bonchev–Trinajstić information content (AvgIpc) is 4.16. The first-order valence-electron chi connectivity index (χ1n) is 27.0. The fraction of sp³-hybridized carbons (Fsp3) is 0.722. The third kappa shape index (κ3) is 17.1. The Balaban J connectivity index is 0.000000455. The van der Waals surface area contributed by atoms with Crippen LogP contribution < -0.4 is 37.5 Å². The Labute approximate surface area is 470 Å². The van der Waals surface area contributed by atoms with Gasteiger partial charge in [0, 0.05) is 77.7 Å². The zero-order chi connectivity index (χ0) is 58.1. The molecule has 16 nitrogen and oxygen atoms in total. The number of carboxylic acid groups (broad SMARTS) is 3. The third-order valence-corrected chi connectivity index (χ3v) is 17.4. The summed E-state index contributed by atoms with van der Waals surface area (Å²) in [6.45, 7) is 20.9. The number of benzene rings is 1. The number of nitrogens with one attached hydrogen (secondary N) is 3. The van der Waals surface area contributed by atoms with Gasteiger partial charge in [-0.3, -0.25) is 4.90 Å². The number of allylic oxidation sites excluding steroid dienone is 1. The van der Waals surface area contributed by atoms with Crippen LogP contribution in [0.1, 0.15) is 96.6 Å². The van der Waals surface area contributed by atoms with Crippen LogP contribution in [-0.2, 0) is 53.0 Å². The molecule has 3 saturated carbocycles. The molecule has 4 aliphatic carbocycles. The molecule has 3 aliphatic heterocycles. The van der Waals surface area contributed by atoms with Gasteiger partial charge < -0.3 is 62.5 Å². The van der Waals surface area contributed by atoms with Gasteiger partial charge in [-0.05, 0) is 96.5 Å². The predicted molar refractivity (Wildman–Crippen MR) is 267 cm³/mol. The van der Waals surface area contributed by atoms with Crippen LogP contribution in [-0.4, -0.2) is 144 Å². The molecule has 0 unspecified atom stereocenters. The van der Waals surface area contributed by atoms with Gasteiger partial charge in [-0.15, -0.1) is 0 Å². The molecule has 9 rings (SSSR count). The molecular formula is C54H76BrF9N6O10. The number of halogens is 10. The third-order valence-electron chi connectivity index (χ3n) is 17.4. The number of hydrogen-bond donors (Lipinski definition) is 6. The number of aliphatic carboxylic acids is 3. The number of esters is 1. The van der Waals surface area contributed by atoms with Crippen molar-refractivity contribution in [1.82, 2.24) is 25.4 Å². The fourth-order valence-electron chi connectivity index (χ4n) is 13.4. The summed E-state index contributed by atoms with van der Waals surface area (Å²) in [5.41, 5.74) is 4.70. The lowest BCUT2D eigenvalue weighted by molar-refractivity contribution is -0.687. The summed E-state index contributed by atoms with van der Waals surface area (Å²) in [5.74, 6) is -4.89. The molecule has 6 fully saturated rings. The number of carbonyl (C=O) groups is 4. The lowest BCUT2D eigenvalue weighted by atomic mass is 9.47. The Morgan fingerprint density at radius 2 is 1.31 bits per heavy atom. The summed E-state index contributed by atoms with van der Waals surface area (Å²) < 4.78 is 119. The molecule has 6 N–H and O–H groups in total. The second-order valence-electron chi connectivity index (χ2n) is 22.6. The Morgan fingerprint density at radius 3 is 1.85 bits per heavy atom. The van der Waals surface area contributed by atoms with Gasteiger partial charge in [-0.2, -0.15) is 39.5 Å². The molecule has 0 bridgehead atoms. The summed E-state index contributed by atoms with van der Waals surface area (Å²) in [6, 6.07) is 9.02. The van der Waals surface area contributed by atoms with E-state index in [-0.39, 0.29) is 46.8 Å². The molecule has 1 aromatic carbocycles. The second kappa shape index (κ2) is 27.8. The smallest absolute Gasteiger partial charge is 0.490 e. The van der Waals surface area contributed by atoms with Crippen LogP contribution in [0, 0.1) is 46.3 Å². The van der Waals surface area contributed by atoms with Crippen molar-refractivity contribution in [1.29, 1.82) is 0 Å². The summed E-state index contributed by atoms with van der Waals surface area (Å²) in [5, 5.41) is 32.0. The van der Waals surface area contributed by atoms with Crippen molar-refractivity contribution >= 4 is 23.9 Å². The highest BCUT2D eigenvalue weighted by Gasteiger charge is 2.68. The number of alkyl halides is 9. The maximum absolute atomic E-state index is 13.3. The minimum Gasteiger partial charge on any atom is -1.00 e. The molecule has 452 valence electrons. The van der Waals surface area contributed by atoms with E-state index in [1.807, 2.05) is 17.1 Å². The van der Waals surface area contributed by atoms with E-state index in [1.165, 1.54) is 43.2 Å². The molecule has 0 amide bonds. The largest absolute Gasteiger partial charge is 1.00 e. The maximum atomic E-state index is 13.3. The molecule has 80 heavy (non-hydrogen) atoms. The molecule has 4 heterocycles. The van der Waals surface area contributed by atoms with Crippen molar-refractivity contribution in [3.8, 4) is 0 Å². The van der Waals surface area contributed by atoms with Crippen LogP contribution in [0.15, 0.2) is 54.6 Å². The van der Waals surface area contributed by atoms with Gasteiger partial charge in [0.1, 0.15) is 25.0 Å². The van der Waals surface area contributed by atoms with Gasteiger partial charge in [0.25, 0.3) is 0 Å². The van der Waals surface area contributed by atoms with E-state index in [1.54, 1.807) is 5.57 Å². The standard InChI is InChI=1S/C48H73N6O4.3C2HF3O2.BrH/c1-34-11-16-48(56-32-34)35(2)45-43(58-48)28-42-40-10-9-38-27-39(12-14-46(38,3)41(40)13-15-47(42,45)4)57-44(55)31-54-26-25-53(33-54)30-37-7-5-36(6-8-37)29-52-23-21-50-19-17-49-18-20-51-22-24-52;3*3-2(4,5)1(6)7;/h5-9,25-26,33-35,39-43,45,49-51H,10-24,27-32H2,1-4H3;3*(H,6,7);1H/q+1;;;;/p-1/t34-,35+,39+,40-,41+,42+,43+,45+,46+,47+,48+;;;;/m1..../s1. The van der Waals surface area contributed by atoms with Crippen LogP contribution >= 0.6 is 0 Å². The van der Waals surface area contributed by atoms with Crippen molar-refractivity contribution in [2.24, 2.45) is 46.3 Å². The van der Waals surface area contributed by atoms with Gasteiger partial charge in [0.15, 0.2) is 12.3 Å². The Hall–Kier alpha value is -4.34. The SMILES string of the molecule is C[C@@H]1CC[C@]2(OC1)O[C@H]1C[C@H]3[C@@H]4CC=C5C[C@@H](OC(=O)Cn6cc[n+](Cc7ccc(CN8CCNCCNCCNCC8)cc7)c6)CC[C@]5(C)[C@H]4CC[C@]3(C)[C@H]1[C@@H]2C.O=C(O)C(F)(F)F.O=C(O)C(F)(F)F.O=C(O)C(F)(F)F.[Br-]. The fourth-order valence-corrected chi connectivity index (χ4v) is 13.4. The minimum absolute atomic E-state index is 0. The summed E-state index contributed by atoms with van der Waals surface area (Å²) in [4.78, 5) is 42.6. The molecule has 1 aromatic heterocycles. The first-order chi connectivity index (χ1) is 36.9. The van der Waals surface area contributed by atoms with Crippen LogP contribution in [0.3, 0.4) is 0 Å². The molecule has 2 aromatic rings. The number of fused-ring (bicyclic) bond motifs is 7. The number of hydrogen-bond acceptors (Lipinski definition) is 11. The highest BCUT2D eigenvalue weighted by Crippen LogP contribution is 2.70. The van der Waals surface area contributed by atoms with Crippen molar-refractivity contribution < 1.29 is 110 Å². The summed E-state index contributed by atoms with van der Waals surface area (Å²) in [7, 11) is 0. The van der Waals surface area contributed by atoms with Gasteiger partial charge in [0.05, 0.1) is 12.7 Å². The highest BCUT2D eigenvalue weighted by atomic mass is 79.9. The Morgan fingerprint density at radius 1 is 0.762 bits per heavy atom. The topological polar surface area (TPSA) is 205 Å². The monoisotopic (exact) mass is 1220 g/mol. The van der Waals surface area contributed by atoms with E-state index in [2.05, 4.69) is 89.7 Å². The van der Waals surface area contributed by atoms with Crippen LogP contribution in [0.25, 0.3) is 0 Å². The number of carbonyl (C=O) groups excluding carboxylic acids is 1. The quantitative estimate of drug-likeness (QED) is 0.0973. The van der Waals surface area contributed by atoms with Gasteiger partial charge >= 0.3 is 42.4 Å². The van der Waals surface area contributed by atoms with Crippen LogP contribution in [0.5, 0.6) is 0 Å². The Kier molecular flexibility index (Phi) is 23.1. The van der Waals surface area contributed by atoms with E-state index in [0.717, 1.165) is 110 Å². The van der Waals surface area contributed by atoms with Crippen LogP contribution in [0.4, 0.5) is 39.5 Å². The van der Waals surface area contributed by atoms with E-state index in [0.29, 0.717) is 35.2 Å². The van der Waals surface area contributed by atoms with Gasteiger partial charge in [-0.25, -0.2) is 28.3 Å². The molecule has 11 atom stereocenters. The first-order valence-corrected chi connectivity index (χ1v) is 27.0. The zero-order valence-corrected chi connectivity index (χ0v) is 47.0. The Bertz CT molecular complexity index is 2330. The van der Waals surface area contributed by atoms with Crippen molar-refractivity contribution in [2.45, 2.75) is 142 Å². The van der Waals surface area contributed by atoms with Crippen molar-refractivity contribution in [3.63, 3.8) is 0 Å². The highest BCUT2D eigenvalue weighted by molar-refractivity contribution is 5.73. The predicted octanol–water partition coefficient (Wildman–Crippen LogP) is 4.59. The number of rotatable bonds is 7. The summed E-state index contributed by atoms with van der Waals surface area (Å²) in [6.07, 6.45) is 3.96. The van der Waals surface area contributed by atoms with E-state index >= 15 is 0 Å². The van der Waals surface area contributed by atoms with Crippen LogP contribution in [0.2, 0.25) is 0 Å². The van der Waals surface area contributed by atoms with Gasteiger partial charge in [-0.1, -0.05) is 63.6 Å². The van der Waals surface area contributed by atoms with E-state index in [9.17, 15) is 44.3 Å². The molecule has 3 saturated heterocycles. The van der Waals surface area contributed by atoms with Gasteiger partial charge in [0.2, 0.25) is 6.33 Å². The lowest BCUT2D eigenvalue weighted by Crippen LogP contribution is -3.00. The number of nitrogens with zero attached hydrogens (tertiary/aromatic N) is 3. The van der Waals surface area contributed by atoms with Crippen molar-refractivity contribution in [3.05, 3.63) is 65.8 Å². The number of ether oxygens (including phenoxy) is 3. The average molecular weight is 1220 g/mol. The summed E-state index contributed by atoms with van der Waals surface area (Å²) >= 11 is 0. The van der Waals surface area contributed by atoms with E-state index < -0.39 is 36.4 Å². The zero-order valence-electron chi connectivity index (χ0n) is 45.4. The molecule has 7 aliphatic rings. The molecule has 26 heteroatoms. The number of carboxylic acids is 3. The molecular weight excluding hydrogens is 1140 g/mol. The maximum Gasteiger partial charge on any atom is 0.490 e. The first kappa shape index (κ1) is 66.5. The normalized spacial score (nSPS) is 31.7. The minimum atomic E-state index is -5.08.